The van der Waals surface area contributed by atoms with E-state index in [9.17, 15) is 9.59 Å². The standard InChI is InChI=1S/C20H23N5O3/c1-4-12(2)15(14-8-6-5-7-9-14)20(27)28-13(3)19(26)25-18-16-17(22-10-21-16)23-11-24-18/h5-13,15H,4H2,1-3H3,(H2,21,22,23,24,25,26)/t12-,13+,15+/m0/s1. The van der Waals surface area contributed by atoms with E-state index in [-0.39, 0.29) is 11.7 Å². The molecule has 3 atom stereocenters. The molecule has 8 nitrogen and oxygen atoms in total. The predicted octanol–water partition coefficient (Wildman–Crippen LogP) is 3.05. The number of benzene rings is 1. The van der Waals surface area contributed by atoms with Gasteiger partial charge in [-0.05, 0) is 18.4 Å². The Hall–Kier alpha value is -3.29. The van der Waals surface area contributed by atoms with E-state index in [0.717, 1.165) is 12.0 Å². The summed E-state index contributed by atoms with van der Waals surface area (Å²) < 4.78 is 5.50. The number of esters is 1. The minimum Gasteiger partial charge on any atom is -0.452 e. The Morgan fingerprint density at radius 1 is 1.14 bits per heavy atom. The van der Waals surface area contributed by atoms with Gasteiger partial charge in [0, 0.05) is 0 Å². The van der Waals surface area contributed by atoms with E-state index in [2.05, 4.69) is 25.3 Å². The molecule has 0 fully saturated rings. The van der Waals surface area contributed by atoms with Crippen molar-refractivity contribution in [1.29, 1.82) is 0 Å². The van der Waals surface area contributed by atoms with Gasteiger partial charge in [-0.1, -0.05) is 50.6 Å². The van der Waals surface area contributed by atoms with E-state index in [0.29, 0.717) is 11.2 Å². The molecule has 0 aliphatic rings. The van der Waals surface area contributed by atoms with Crippen molar-refractivity contribution in [3.63, 3.8) is 0 Å². The first kappa shape index (κ1) is 19.5. The first-order chi connectivity index (χ1) is 13.5. The lowest BCUT2D eigenvalue weighted by atomic mass is 9.85. The molecular weight excluding hydrogens is 358 g/mol. The van der Waals surface area contributed by atoms with Gasteiger partial charge in [-0.3, -0.25) is 9.59 Å². The fraction of sp³-hybridized carbons (Fsp3) is 0.350. The van der Waals surface area contributed by atoms with Crippen molar-refractivity contribution in [2.24, 2.45) is 5.92 Å². The number of imidazole rings is 1. The van der Waals surface area contributed by atoms with E-state index in [1.807, 2.05) is 44.2 Å². The lowest BCUT2D eigenvalue weighted by molar-refractivity contribution is -0.155. The van der Waals surface area contributed by atoms with Crippen molar-refractivity contribution in [2.75, 3.05) is 5.32 Å². The SMILES string of the molecule is CC[C@H](C)[C@@H](C(=O)O[C@H](C)C(=O)Nc1ncnc2nc[nH]c12)c1ccccc1. The lowest BCUT2D eigenvalue weighted by Gasteiger charge is -2.23. The number of hydrogen-bond acceptors (Lipinski definition) is 6. The van der Waals surface area contributed by atoms with Crippen LogP contribution in [0.3, 0.4) is 0 Å². The maximum absolute atomic E-state index is 12.8. The normalized spacial score (nSPS) is 14.2. The zero-order valence-corrected chi connectivity index (χ0v) is 16.0. The Bertz CT molecular complexity index is 957. The number of aromatic nitrogens is 4. The summed E-state index contributed by atoms with van der Waals surface area (Å²) >= 11 is 0. The third kappa shape index (κ3) is 4.16. The van der Waals surface area contributed by atoms with E-state index >= 15 is 0 Å². The number of carbonyl (C=O) groups is 2. The van der Waals surface area contributed by atoms with Crippen molar-refractivity contribution in [3.05, 3.63) is 48.5 Å². The molecular formula is C20H23N5O3. The fourth-order valence-electron chi connectivity index (χ4n) is 2.97. The van der Waals surface area contributed by atoms with Crippen molar-refractivity contribution in [2.45, 2.75) is 39.2 Å². The summed E-state index contributed by atoms with van der Waals surface area (Å²) in [7, 11) is 0. The second-order valence-corrected chi connectivity index (χ2v) is 6.67. The van der Waals surface area contributed by atoms with Crippen LogP contribution < -0.4 is 5.32 Å². The summed E-state index contributed by atoms with van der Waals surface area (Å²) in [5.41, 5.74) is 1.83. The molecule has 1 amide bonds. The average Bonchev–Trinajstić information content (AvgIpc) is 3.18. The molecule has 3 aromatic rings. The number of anilines is 1. The number of hydrogen-bond donors (Lipinski definition) is 2. The summed E-state index contributed by atoms with van der Waals surface area (Å²) in [6.07, 6.45) is 2.61. The van der Waals surface area contributed by atoms with Crippen molar-refractivity contribution < 1.29 is 14.3 Å². The van der Waals surface area contributed by atoms with Crippen LogP contribution in [0.1, 0.15) is 38.7 Å². The summed E-state index contributed by atoms with van der Waals surface area (Å²) in [6, 6.07) is 9.48. The van der Waals surface area contributed by atoms with Gasteiger partial charge in [-0.15, -0.1) is 0 Å². The monoisotopic (exact) mass is 381 g/mol. The molecule has 0 radical (unpaired) electrons. The van der Waals surface area contributed by atoms with Gasteiger partial charge in [0.1, 0.15) is 11.8 Å². The summed E-state index contributed by atoms with van der Waals surface area (Å²) in [6.45, 7) is 5.56. The molecule has 0 aliphatic carbocycles. The highest BCUT2D eigenvalue weighted by Gasteiger charge is 2.30. The highest BCUT2D eigenvalue weighted by Crippen LogP contribution is 2.28. The Balaban J connectivity index is 1.71. The number of H-pyrrole nitrogens is 1. The van der Waals surface area contributed by atoms with Gasteiger partial charge in [-0.25, -0.2) is 15.0 Å². The van der Waals surface area contributed by atoms with E-state index in [4.69, 9.17) is 4.74 Å². The molecule has 146 valence electrons. The number of rotatable bonds is 7. The molecule has 0 unspecified atom stereocenters. The van der Waals surface area contributed by atoms with E-state index in [1.54, 1.807) is 0 Å². The van der Waals surface area contributed by atoms with Crippen LogP contribution in [-0.2, 0) is 14.3 Å². The number of amides is 1. The van der Waals surface area contributed by atoms with Gasteiger partial charge >= 0.3 is 5.97 Å². The van der Waals surface area contributed by atoms with Crippen LogP contribution in [0.4, 0.5) is 5.82 Å². The molecule has 1 aromatic carbocycles. The number of fused-ring (bicyclic) bond motifs is 1. The molecule has 0 aliphatic heterocycles. The molecule has 2 aromatic heterocycles. The summed E-state index contributed by atoms with van der Waals surface area (Å²) in [5.74, 6) is -0.954. The molecule has 3 rings (SSSR count). The van der Waals surface area contributed by atoms with Gasteiger partial charge in [0.15, 0.2) is 17.6 Å². The Morgan fingerprint density at radius 3 is 2.61 bits per heavy atom. The Kier molecular flexibility index (Phi) is 5.98. The molecule has 0 saturated carbocycles. The van der Waals surface area contributed by atoms with Crippen LogP contribution in [0.15, 0.2) is 43.0 Å². The average molecular weight is 381 g/mol. The second-order valence-electron chi connectivity index (χ2n) is 6.67. The van der Waals surface area contributed by atoms with Gasteiger partial charge in [-0.2, -0.15) is 0 Å². The maximum Gasteiger partial charge on any atom is 0.314 e. The van der Waals surface area contributed by atoms with Crippen LogP contribution >= 0.6 is 0 Å². The Labute approximate surface area is 162 Å². The number of ether oxygens (including phenoxy) is 1. The summed E-state index contributed by atoms with van der Waals surface area (Å²) in [5, 5.41) is 2.66. The lowest BCUT2D eigenvalue weighted by Crippen LogP contribution is -2.33. The van der Waals surface area contributed by atoms with Gasteiger partial charge in [0.2, 0.25) is 0 Å². The second kappa shape index (κ2) is 8.60. The molecule has 0 spiro atoms. The quantitative estimate of drug-likeness (QED) is 0.609. The van der Waals surface area contributed by atoms with Crippen LogP contribution in [0.25, 0.3) is 11.2 Å². The highest BCUT2D eigenvalue weighted by molar-refractivity contribution is 5.99. The third-order valence-electron chi connectivity index (χ3n) is 4.75. The van der Waals surface area contributed by atoms with Gasteiger partial charge in [0.05, 0.1) is 12.2 Å². The topological polar surface area (TPSA) is 110 Å². The number of carbonyl (C=O) groups excluding carboxylic acids is 2. The van der Waals surface area contributed by atoms with Gasteiger partial charge < -0.3 is 15.0 Å². The first-order valence-corrected chi connectivity index (χ1v) is 9.21. The highest BCUT2D eigenvalue weighted by atomic mass is 16.5. The van der Waals surface area contributed by atoms with E-state index in [1.165, 1.54) is 19.6 Å². The maximum atomic E-state index is 12.8. The molecule has 8 heteroatoms. The van der Waals surface area contributed by atoms with Crippen LogP contribution in [0, 0.1) is 5.92 Å². The largest absolute Gasteiger partial charge is 0.452 e. The Morgan fingerprint density at radius 2 is 1.89 bits per heavy atom. The number of aromatic amines is 1. The van der Waals surface area contributed by atoms with Crippen LogP contribution in [-0.4, -0.2) is 37.9 Å². The minimum atomic E-state index is -0.976. The van der Waals surface area contributed by atoms with Crippen LogP contribution in [0.5, 0.6) is 0 Å². The molecule has 28 heavy (non-hydrogen) atoms. The zero-order chi connectivity index (χ0) is 20.1. The number of nitrogens with zero attached hydrogens (tertiary/aromatic N) is 3. The molecule has 2 N–H and O–H groups in total. The minimum absolute atomic E-state index is 0.0802. The van der Waals surface area contributed by atoms with E-state index < -0.39 is 23.9 Å². The molecule has 0 saturated heterocycles. The van der Waals surface area contributed by atoms with Crippen molar-refractivity contribution in [1.82, 2.24) is 19.9 Å². The van der Waals surface area contributed by atoms with Crippen molar-refractivity contribution in [3.8, 4) is 0 Å². The molecule has 2 heterocycles. The summed E-state index contributed by atoms with van der Waals surface area (Å²) in [4.78, 5) is 40.3. The third-order valence-corrected chi connectivity index (χ3v) is 4.75. The van der Waals surface area contributed by atoms with Crippen LogP contribution in [0.2, 0.25) is 0 Å². The number of nitrogens with one attached hydrogen (secondary N) is 2. The fourth-order valence-corrected chi connectivity index (χ4v) is 2.97. The smallest absolute Gasteiger partial charge is 0.314 e. The van der Waals surface area contributed by atoms with Gasteiger partial charge in [0.25, 0.3) is 5.91 Å². The predicted molar refractivity (Wildman–Crippen MR) is 105 cm³/mol. The molecule has 0 bridgehead atoms. The first-order valence-electron chi connectivity index (χ1n) is 9.21. The van der Waals surface area contributed by atoms with Crippen molar-refractivity contribution >= 4 is 28.9 Å². The zero-order valence-electron chi connectivity index (χ0n) is 16.0.